The van der Waals surface area contributed by atoms with Crippen LogP contribution in [0.2, 0.25) is 5.02 Å². The van der Waals surface area contributed by atoms with Crippen molar-refractivity contribution in [2.24, 2.45) is 0 Å². The predicted octanol–water partition coefficient (Wildman–Crippen LogP) is 4.90. The summed E-state index contributed by atoms with van der Waals surface area (Å²) in [6, 6.07) is 9.91. The van der Waals surface area contributed by atoms with Crippen LogP contribution in [0.1, 0.15) is 29.8 Å². The van der Waals surface area contributed by atoms with Crippen molar-refractivity contribution >= 4 is 79.6 Å². The highest BCUT2D eigenvalue weighted by Crippen LogP contribution is 2.39. The summed E-state index contributed by atoms with van der Waals surface area (Å²) in [6.45, 7) is 4.84. The first-order chi connectivity index (χ1) is 17.2. The number of hydrazine groups is 1. The second-order valence-corrected chi connectivity index (χ2v) is 10.3. The molecule has 0 bridgehead atoms. The molecule has 0 aliphatic carbocycles. The molecule has 36 heavy (non-hydrogen) atoms. The number of carbonyl (C=O) groups is 3. The summed E-state index contributed by atoms with van der Waals surface area (Å²) in [5.41, 5.74) is 3.36. The molecule has 0 saturated carbocycles. The van der Waals surface area contributed by atoms with E-state index < -0.39 is 11.8 Å². The van der Waals surface area contributed by atoms with Gasteiger partial charge in [0.2, 0.25) is 0 Å². The summed E-state index contributed by atoms with van der Waals surface area (Å²) >= 11 is 15.9. The molecule has 1 heterocycles. The molecule has 1 aliphatic rings. The van der Waals surface area contributed by atoms with Gasteiger partial charge >= 0.3 is 0 Å². The first kappa shape index (κ1) is 28.0. The molecule has 190 valence electrons. The van der Waals surface area contributed by atoms with Gasteiger partial charge in [-0.15, -0.1) is 0 Å². The standard InChI is InChI=1S/C24H23BrClN3O5S2/c1-4-28(5-2)20(30)13-34-21-16(25)10-14(11-18(21)33-3)12-19-23(32)29(24(35)36-19)27-22(31)15-8-6-7-9-17(15)26/h6-12H,4-5,13H2,1-3H3,(H,27,31)/b19-12+. The second-order valence-electron chi connectivity index (χ2n) is 7.33. The Hall–Kier alpha value is -2.60. The maximum absolute atomic E-state index is 13.0. The van der Waals surface area contributed by atoms with E-state index in [9.17, 15) is 14.4 Å². The van der Waals surface area contributed by atoms with Crippen LogP contribution in [0.15, 0.2) is 45.8 Å². The molecule has 12 heteroatoms. The van der Waals surface area contributed by atoms with Crippen molar-refractivity contribution in [2.75, 3.05) is 26.8 Å². The minimum Gasteiger partial charge on any atom is -0.493 e. The SMILES string of the molecule is CCN(CC)C(=O)COc1c(Br)cc(/C=C2/SC(=S)N(NC(=O)c3ccccc3Cl)C2=O)cc1OC. The minimum atomic E-state index is -0.552. The number of rotatable bonds is 9. The smallest absolute Gasteiger partial charge is 0.285 e. The number of methoxy groups -OCH3 is 1. The maximum Gasteiger partial charge on any atom is 0.285 e. The Labute approximate surface area is 232 Å². The largest absolute Gasteiger partial charge is 0.493 e. The average Bonchev–Trinajstić information content (AvgIpc) is 3.11. The maximum atomic E-state index is 13.0. The topological polar surface area (TPSA) is 88.2 Å². The molecule has 0 spiro atoms. The first-order valence-corrected chi connectivity index (χ1v) is 13.2. The van der Waals surface area contributed by atoms with Crippen LogP contribution in [0.3, 0.4) is 0 Å². The summed E-state index contributed by atoms with van der Waals surface area (Å²) in [5.74, 6) is -0.422. The number of thioether (sulfide) groups is 1. The number of ether oxygens (including phenoxy) is 2. The van der Waals surface area contributed by atoms with E-state index in [0.29, 0.717) is 39.5 Å². The lowest BCUT2D eigenvalue weighted by Gasteiger charge is -2.20. The molecule has 2 aromatic carbocycles. The van der Waals surface area contributed by atoms with Gasteiger partial charge in [0, 0.05) is 13.1 Å². The van der Waals surface area contributed by atoms with E-state index in [4.69, 9.17) is 33.3 Å². The van der Waals surface area contributed by atoms with E-state index in [1.807, 2.05) is 13.8 Å². The van der Waals surface area contributed by atoms with Crippen molar-refractivity contribution in [3.05, 3.63) is 61.9 Å². The quantitative estimate of drug-likeness (QED) is 0.318. The molecule has 3 amide bonds. The van der Waals surface area contributed by atoms with Gasteiger partial charge in [-0.1, -0.05) is 35.5 Å². The molecule has 1 N–H and O–H groups in total. The fourth-order valence-corrected chi connectivity index (χ4v) is 5.26. The number of halogens is 2. The molecule has 1 saturated heterocycles. The Morgan fingerprint density at radius 1 is 1.25 bits per heavy atom. The van der Waals surface area contributed by atoms with Gasteiger partial charge in [0.15, 0.2) is 22.4 Å². The summed E-state index contributed by atoms with van der Waals surface area (Å²) in [7, 11) is 1.48. The summed E-state index contributed by atoms with van der Waals surface area (Å²) in [5, 5.41) is 1.27. The number of thiocarbonyl (C=S) groups is 1. The molecule has 0 unspecified atom stereocenters. The highest BCUT2D eigenvalue weighted by molar-refractivity contribution is 9.10. The van der Waals surface area contributed by atoms with E-state index in [2.05, 4.69) is 21.4 Å². The van der Waals surface area contributed by atoms with E-state index in [1.54, 1.807) is 47.4 Å². The van der Waals surface area contributed by atoms with Crippen LogP contribution < -0.4 is 14.9 Å². The molecule has 1 aliphatic heterocycles. The van der Waals surface area contributed by atoms with Gasteiger partial charge in [0.05, 0.1) is 27.1 Å². The number of amides is 3. The monoisotopic (exact) mass is 611 g/mol. The van der Waals surface area contributed by atoms with Gasteiger partial charge in [0.1, 0.15) is 0 Å². The van der Waals surface area contributed by atoms with E-state index in [0.717, 1.165) is 16.8 Å². The third-order valence-electron chi connectivity index (χ3n) is 5.13. The normalized spacial score (nSPS) is 14.2. The molecule has 0 atom stereocenters. The lowest BCUT2D eigenvalue weighted by Crippen LogP contribution is -2.44. The van der Waals surface area contributed by atoms with Crippen molar-refractivity contribution < 1.29 is 23.9 Å². The van der Waals surface area contributed by atoms with Crippen LogP contribution >= 0.6 is 51.5 Å². The average molecular weight is 613 g/mol. The van der Waals surface area contributed by atoms with Crippen LogP contribution in [-0.2, 0) is 9.59 Å². The van der Waals surface area contributed by atoms with E-state index in [1.165, 1.54) is 7.11 Å². The van der Waals surface area contributed by atoms with E-state index >= 15 is 0 Å². The Morgan fingerprint density at radius 2 is 1.94 bits per heavy atom. The lowest BCUT2D eigenvalue weighted by molar-refractivity contribution is -0.133. The van der Waals surface area contributed by atoms with Gasteiger partial charge in [-0.2, -0.15) is 5.01 Å². The number of carbonyl (C=O) groups excluding carboxylic acids is 3. The number of benzene rings is 2. The van der Waals surface area contributed by atoms with Crippen LogP contribution in [0.5, 0.6) is 11.5 Å². The Bertz CT molecular complexity index is 1240. The fraction of sp³-hybridized carbons (Fsp3) is 0.250. The molecule has 3 rings (SSSR count). The van der Waals surface area contributed by atoms with Crippen LogP contribution in [0, 0.1) is 0 Å². The number of hydrogen-bond acceptors (Lipinski definition) is 7. The van der Waals surface area contributed by atoms with Gasteiger partial charge in [-0.25, -0.2) is 0 Å². The number of nitrogens with zero attached hydrogens (tertiary/aromatic N) is 2. The number of hydrogen-bond donors (Lipinski definition) is 1. The number of nitrogens with one attached hydrogen (secondary N) is 1. The van der Waals surface area contributed by atoms with Crippen molar-refractivity contribution in [1.82, 2.24) is 15.3 Å². The van der Waals surface area contributed by atoms with Crippen LogP contribution in [-0.4, -0.2) is 58.8 Å². The summed E-state index contributed by atoms with van der Waals surface area (Å²) in [4.78, 5) is 39.8. The zero-order valence-electron chi connectivity index (χ0n) is 19.7. The zero-order valence-corrected chi connectivity index (χ0v) is 23.6. The van der Waals surface area contributed by atoms with Gasteiger partial charge in [-0.05, 0) is 77.9 Å². The fourth-order valence-electron chi connectivity index (χ4n) is 3.29. The molecule has 8 nitrogen and oxygen atoms in total. The zero-order chi connectivity index (χ0) is 26.4. The Morgan fingerprint density at radius 3 is 2.58 bits per heavy atom. The van der Waals surface area contributed by atoms with Crippen molar-refractivity contribution in [2.45, 2.75) is 13.8 Å². The van der Waals surface area contributed by atoms with Gasteiger partial charge in [-0.3, -0.25) is 19.8 Å². The summed E-state index contributed by atoms with van der Waals surface area (Å²) < 4.78 is 11.9. The molecule has 0 radical (unpaired) electrons. The molecule has 2 aromatic rings. The Balaban J connectivity index is 1.78. The minimum absolute atomic E-state index is 0.138. The second kappa shape index (κ2) is 12.6. The van der Waals surface area contributed by atoms with Gasteiger partial charge < -0.3 is 14.4 Å². The molecular formula is C24H23BrClN3O5S2. The van der Waals surface area contributed by atoms with Crippen molar-refractivity contribution in [3.63, 3.8) is 0 Å². The third kappa shape index (κ3) is 6.39. The molecule has 1 fully saturated rings. The van der Waals surface area contributed by atoms with Crippen molar-refractivity contribution in [1.29, 1.82) is 0 Å². The van der Waals surface area contributed by atoms with E-state index in [-0.39, 0.29) is 27.4 Å². The van der Waals surface area contributed by atoms with Crippen molar-refractivity contribution in [3.8, 4) is 11.5 Å². The molecular weight excluding hydrogens is 590 g/mol. The highest BCUT2D eigenvalue weighted by Gasteiger charge is 2.34. The Kier molecular flexibility index (Phi) is 9.77. The van der Waals surface area contributed by atoms with Crippen LogP contribution in [0.4, 0.5) is 0 Å². The third-order valence-corrected chi connectivity index (χ3v) is 7.35. The van der Waals surface area contributed by atoms with Gasteiger partial charge in [0.25, 0.3) is 17.7 Å². The highest BCUT2D eigenvalue weighted by atomic mass is 79.9. The predicted molar refractivity (Wildman–Crippen MR) is 148 cm³/mol. The first-order valence-electron chi connectivity index (χ1n) is 10.8. The molecule has 0 aromatic heterocycles. The number of likely N-dealkylation sites (N-methyl/N-ethyl adjacent to an activating group) is 1. The lowest BCUT2D eigenvalue weighted by atomic mass is 10.2. The summed E-state index contributed by atoms with van der Waals surface area (Å²) in [6.07, 6.45) is 1.62. The van der Waals surface area contributed by atoms with Crippen LogP contribution in [0.25, 0.3) is 6.08 Å².